The third-order valence-electron chi connectivity index (χ3n) is 6.30. The molecule has 2 amide bonds. The Labute approximate surface area is 202 Å². The van der Waals surface area contributed by atoms with Crippen molar-refractivity contribution in [3.05, 3.63) is 46.9 Å². The van der Waals surface area contributed by atoms with Crippen molar-refractivity contribution >= 4 is 17.6 Å². The molecule has 2 heterocycles. The molecule has 1 atom stereocenters. The van der Waals surface area contributed by atoms with Crippen molar-refractivity contribution in [3.63, 3.8) is 0 Å². The number of nitrogens with one attached hydrogen (secondary N) is 1. The smallest absolute Gasteiger partial charge is 0.451 e. The summed E-state index contributed by atoms with van der Waals surface area (Å²) in [5, 5.41) is 2.74. The van der Waals surface area contributed by atoms with Gasteiger partial charge in [-0.15, -0.1) is 0 Å². The summed E-state index contributed by atoms with van der Waals surface area (Å²) in [4.78, 5) is 34.2. The number of nitrogens with zero attached hydrogens (tertiary/aromatic N) is 3. The van der Waals surface area contributed by atoms with Gasteiger partial charge in [0.15, 0.2) is 0 Å². The van der Waals surface area contributed by atoms with Crippen LogP contribution in [-0.4, -0.2) is 52.9 Å². The number of nitrogen functional groups attached to an aromatic ring is 1. The molecule has 1 aliphatic rings. The first-order chi connectivity index (χ1) is 16.5. The van der Waals surface area contributed by atoms with Crippen molar-refractivity contribution in [2.75, 3.05) is 25.9 Å². The Morgan fingerprint density at radius 3 is 2.49 bits per heavy atom. The molecule has 0 spiro atoms. The van der Waals surface area contributed by atoms with Crippen LogP contribution in [0.5, 0.6) is 5.75 Å². The second-order valence-corrected chi connectivity index (χ2v) is 8.70. The van der Waals surface area contributed by atoms with Crippen molar-refractivity contribution < 1.29 is 27.5 Å². The molecule has 35 heavy (non-hydrogen) atoms. The molecule has 1 fully saturated rings. The maximum atomic E-state index is 12.9. The Morgan fingerprint density at radius 2 is 1.89 bits per heavy atom. The maximum absolute atomic E-state index is 12.9. The summed E-state index contributed by atoms with van der Waals surface area (Å²) in [5.41, 5.74) is 6.90. The molecule has 0 bridgehead atoms. The number of aryl methyl sites for hydroxylation is 1. The van der Waals surface area contributed by atoms with Gasteiger partial charge in [0.05, 0.1) is 12.7 Å². The van der Waals surface area contributed by atoms with Crippen molar-refractivity contribution in [1.29, 1.82) is 0 Å². The summed E-state index contributed by atoms with van der Waals surface area (Å²) >= 11 is 0. The number of nitrogens with two attached hydrogens (primary N) is 1. The number of aromatic nitrogens is 2. The molecule has 0 aliphatic carbocycles. The van der Waals surface area contributed by atoms with E-state index >= 15 is 0 Å². The zero-order chi connectivity index (χ0) is 25.8. The fraction of sp³-hybridized carbons (Fsp3) is 0.500. The van der Waals surface area contributed by atoms with Crippen molar-refractivity contribution in [3.8, 4) is 5.75 Å². The van der Waals surface area contributed by atoms with Crippen LogP contribution in [0.2, 0.25) is 0 Å². The van der Waals surface area contributed by atoms with E-state index in [1.807, 2.05) is 0 Å². The fourth-order valence-electron chi connectivity index (χ4n) is 4.29. The summed E-state index contributed by atoms with van der Waals surface area (Å²) in [6.07, 6.45) is -1.96. The van der Waals surface area contributed by atoms with E-state index in [0.717, 1.165) is 12.8 Å². The number of amides is 2. The predicted molar refractivity (Wildman–Crippen MR) is 124 cm³/mol. The van der Waals surface area contributed by atoms with E-state index in [9.17, 15) is 22.8 Å². The Bertz CT molecular complexity index is 1050. The summed E-state index contributed by atoms with van der Waals surface area (Å²) in [6.45, 7) is 4.23. The highest BCUT2D eigenvalue weighted by Crippen LogP contribution is 2.30. The minimum atomic E-state index is -4.64. The highest BCUT2D eigenvalue weighted by Gasteiger charge is 2.36. The lowest BCUT2D eigenvalue weighted by molar-refractivity contribution is -0.145. The second-order valence-electron chi connectivity index (χ2n) is 8.70. The number of halogens is 3. The molecule has 1 aliphatic heterocycles. The monoisotopic (exact) mass is 493 g/mol. The van der Waals surface area contributed by atoms with Gasteiger partial charge in [-0.3, -0.25) is 9.59 Å². The molecule has 0 radical (unpaired) electrons. The van der Waals surface area contributed by atoms with Crippen LogP contribution in [0.25, 0.3) is 0 Å². The van der Waals surface area contributed by atoms with E-state index < -0.39 is 18.0 Å². The lowest BCUT2D eigenvalue weighted by atomic mass is 9.90. The van der Waals surface area contributed by atoms with Gasteiger partial charge in [0.25, 0.3) is 5.91 Å². The Kier molecular flexibility index (Phi) is 8.18. The van der Waals surface area contributed by atoms with Crippen LogP contribution in [-0.2, 0) is 17.4 Å². The zero-order valence-corrected chi connectivity index (χ0v) is 20.0. The number of ether oxygens (including phenoxy) is 1. The molecule has 1 saturated heterocycles. The van der Waals surface area contributed by atoms with Crippen LogP contribution < -0.4 is 15.8 Å². The Morgan fingerprint density at radius 1 is 1.23 bits per heavy atom. The minimum absolute atomic E-state index is 0.142. The molecule has 1 unspecified atom stereocenters. The van der Waals surface area contributed by atoms with E-state index in [0.29, 0.717) is 48.7 Å². The average molecular weight is 494 g/mol. The summed E-state index contributed by atoms with van der Waals surface area (Å²) in [7, 11) is 1.48. The summed E-state index contributed by atoms with van der Waals surface area (Å²) in [6, 6.07) is 6.09. The number of piperidine rings is 1. The molecule has 1 aromatic heterocycles. The Hall–Kier alpha value is -3.37. The number of rotatable bonds is 7. The first-order valence-electron chi connectivity index (χ1n) is 11.4. The number of likely N-dealkylation sites (tertiary alicyclic amines) is 1. The lowest BCUT2D eigenvalue weighted by Crippen LogP contribution is -2.49. The predicted octanol–water partition coefficient (Wildman–Crippen LogP) is 3.38. The van der Waals surface area contributed by atoms with Crippen molar-refractivity contribution in [1.82, 2.24) is 20.2 Å². The SMILES string of the molecule is COc1ccccc1C(=O)NC(C)C(=O)N1CCC(CCc2c(C)nc(C(F)(F)F)nc2N)CC1. The van der Waals surface area contributed by atoms with Crippen LogP contribution in [0.15, 0.2) is 24.3 Å². The topological polar surface area (TPSA) is 110 Å². The van der Waals surface area contributed by atoms with Crippen LogP contribution in [0.1, 0.15) is 53.6 Å². The minimum Gasteiger partial charge on any atom is -0.496 e. The van der Waals surface area contributed by atoms with Gasteiger partial charge < -0.3 is 20.7 Å². The first-order valence-corrected chi connectivity index (χ1v) is 11.4. The quantitative estimate of drug-likeness (QED) is 0.612. The number of hydrogen-bond acceptors (Lipinski definition) is 6. The van der Waals surface area contributed by atoms with Gasteiger partial charge in [-0.1, -0.05) is 12.1 Å². The van der Waals surface area contributed by atoms with Gasteiger partial charge in [0.1, 0.15) is 17.6 Å². The third-order valence-corrected chi connectivity index (χ3v) is 6.30. The molecule has 190 valence electrons. The van der Waals surface area contributed by atoms with Gasteiger partial charge in [0.2, 0.25) is 11.7 Å². The number of anilines is 1. The molecule has 3 rings (SSSR count). The van der Waals surface area contributed by atoms with Gasteiger partial charge >= 0.3 is 6.18 Å². The number of hydrogen-bond donors (Lipinski definition) is 2. The third kappa shape index (κ3) is 6.40. The van der Waals surface area contributed by atoms with E-state index in [-0.39, 0.29) is 23.3 Å². The van der Waals surface area contributed by atoms with Gasteiger partial charge in [-0.2, -0.15) is 13.2 Å². The van der Waals surface area contributed by atoms with Crippen molar-refractivity contribution in [2.45, 2.75) is 51.7 Å². The molecule has 3 N–H and O–H groups in total. The normalized spacial score (nSPS) is 15.5. The largest absolute Gasteiger partial charge is 0.496 e. The van der Waals surface area contributed by atoms with Crippen LogP contribution >= 0.6 is 0 Å². The molecule has 11 heteroatoms. The molecule has 0 saturated carbocycles. The molecule has 2 aromatic rings. The van der Waals surface area contributed by atoms with Crippen LogP contribution in [0.4, 0.5) is 19.0 Å². The van der Waals surface area contributed by atoms with E-state index in [1.165, 1.54) is 14.0 Å². The fourth-order valence-corrected chi connectivity index (χ4v) is 4.29. The lowest BCUT2D eigenvalue weighted by Gasteiger charge is -2.34. The van der Waals surface area contributed by atoms with Crippen molar-refractivity contribution in [2.24, 2.45) is 5.92 Å². The first kappa shape index (κ1) is 26.2. The molecule has 1 aromatic carbocycles. The number of carbonyl (C=O) groups is 2. The number of alkyl halides is 3. The standard InChI is InChI=1S/C24H30F3N5O3/c1-14-17(20(28)31-23(30-14)24(25,26)27)9-8-16-10-12-32(13-11-16)22(34)15(2)29-21(33)18-6-4-5-7-19(18)35-3/h4-7,15-16H,8-13H2,1-3H3,(H,29,33)(H2,28,30,31). The second kappa shape index (κ2) is 10.9. The van der Waals surface area contributed by atoms with E-state index in [1.54, 1.807) is 36.1 Å². The summed E-state index contributed by atoms with van der Waals surface area (Å²) in [5.74, 6) is -1.20. The molecule has 8 nitrogen and oxygen atoms in total. The van der Waals surface area contributed by atoms with E-state index in [2.05, 4.69) is 15.3 Å². The van der Waals surface area contributed by atoms with Crippen LogP contribution in [0.3, 0.4) is 0 Å². The van der Waals surface area contributed by atoms with Gasteiger partial charge in [0, 0.05) is 24.3 Å². The summed E-state index contributed by atoms with van der Waals surface area (Å²) < 4.78 is 43.8. The van der Waals surface area contributed by atoms with Gasteiger partial charge in [-0.25, -0.2) is 9.97 Å². The Balaban J connectivity index is 1.51. The average Bonchev–Trinajstić information content (AvgIpc) is 2.82. The number of carbonyl (C=O) groups excluding carboxylic acids is 2. The van der Waals surface area contributed by atoms with E-state index in [4.69, 9.17) is 10.5 Å². The van der Waals surface area contributed by atoms with Gasteiger partial charge in [-0.05, 0) is 57.6 Å². The molecular weight excluding hydrogens is 463 g/mol. The maximum Gasteiger partial charge on any atom is 0.451 e. The highest BCUT2D eigenvalue weighted by molar-refractivity contribution is 5.99. The number of benzene rings is 1. The molecular formula is C24H30F3N5O3. The number of para-hydroxylation sites is 1. The zero-order valence-electron chi connectivity index (χ0n) is 20.0. The van der Waals surface area contributed by atoms with Crippen LogP contribution in [0, 0.1) is 12.8 Å². The number of methoxy groups -OCH3 is 1. The highest BCUT2D eigenvalue weighted by atomic mass is 19.4.